The molecular weight excluding hydrogens is 2160 g/mol. The molecule has 0 aliphatic carbocycles. The van der Waals surface area contributed by atoms with Crippen LogP contribution in [0, 0.1) is 0 Å². The Balaban J connectivity index is 0.000000134. The third-order valence-electron chi connectivity index (χ3n) is 23.7. The first-order chi connectivity index (χ1) is 72.7. The second-order valence-corrected chi connectivity index (χ2v) is 52.2. The molecule has 40 heteroatoms. The summed E-state index contributed by atoms with van der Waals surface area (Å²) in [5, 5.41) is 21.8. The molecule has 4 atom stereocenters. The number of sulfone groups is 1. The van der Waals surface area contributed by atoms with Crippen molar-refractivity contribution in [1.82, 2.24) is 39.5 Å². The van der Waals surface area contributed by atoms with Crippen molar-refractivity contribution < 1.29 is 59.0 Å². The summed E-state index contributed by atoms with van der Waals surface area (Å²) in [4.78, 5) is 73.4. The van der Waals surface area contributed by atoms with E-state index in [-0.39, 0.29) is 40.8 Å². The normalized spacial score (nSPS) is 12.2. The Bertz CT molecular complexity index is 8310. The Labute approximate surface area is 914 Å². The summed E-state index contributed by atoms with van der Waals surface area (Å²) >= 11 is 13.1. The third kappa shape index (κ3) is 26.3. The van der Waals surface area contributed by atoms with Gasteiger partial charge in [-0.05, 0) is 184 Å². The van der Waals surface area contributed by atoms with Crippen molar-refractivity contribution in [2.45, 2.75) is 113 Å². The minimum Gasteiger partial charge on any atom is -0.466 e. The smallest absolute Gasteiger partial charge is 0.337 e. The van der Waals surface area contributed by atoms with Crippen molar-refractivity contribution >= 4 is 252 Å². The van der Waals surface area contributed by atoms with Crippen LogP contribution in [0.15, 0.2) is 273 Å². The highest BCUT2D eigenvalue weighted by Gasteiger charge is 2.31. The number of aliphatic hydroxyl groups excluding tert-OH is 1. The van der Waals surface area contributed by atoms with E-state index in [1.54, 1.807) is 58.5 Å². The first-order valence-electron chi connectivity index (χ1n) is 47.9. The average Bonchev–Trinajstić information content (AvgIpc) is 1.61. The van der Waals surface area contributed by atoms with Gasteiger partial charge in [0.1, 0.15) is 61.6 Å². The molecule has 20 rings (SSSR count). The quantitative estimate of drug-likeness (QED) is 0.0121. The first kappa shape index (κ1) is 110. The van der Waals surface area contributed by atoms with Gasteiger partial charge >= 0.3 is 17.9 Å². The number of aryl methyl sites for hydroxylation is 1. The van der Waals surface area contributed by atoms with Gasteiger partial charge in [0.2, 0.25) is 0 Å². The Morgan fingerprint density at radius 3 is 1.08 bits per heavy atom. The van der Waals surface area contributed by atoms with Crippen LogP contribution in [0.5, 0.6) is 0 Å². The molecule has 150 heavy (non-hydrogen) atoms. The Morgan fingerprint density at radius 1 is 0.387 bits per heavy atom. The second kappa shape index (κ2) is 52.0. The van der Waals surface area contributed by atoms with E-state index in [2.05, 4.69) is 78.4 Å². The minimum atomic E-state index is -3.60. The van der Waals surface area contributed by atoms with Crippen LogP contribution < -0.4 is 28.7 Å². The lowest BCUT2D eigenvalue weighted by molar-refractivity contribution is -0.142. The van der Waals surface area contributed by atoms with Crippen LogP contribution in [-0.4, -0.2) is 143 Å². The number of carbonyl (C=O) groups excluding carboxylic acids is 3. The number of methoxy groups -OCH3 is 1. The van der Waals surface area contributed by atoms with E-state index in [0.29, 0.717) is 119 Å². The molecule has 20 aromatic rings. The van der Waals surface area contributed by atoms with Gasteiger partial charge in [0, 0.05) is 101 Å². The number of carbonyl (C=O) groups is 3. The van der Waals surface area contributed by atoms with Gasteiger partial charge in [0.25, 0.3) is 0 Å². The summed E-state index contributed by atoms with van der Waals surface area (Å²) in [6.45, 7) is 7.55. The molecule has 0 radical (unpaired) electrons. The van der Waals surface area contributed by atoms with E-state index in [1.807, 2.05) is 185 Å². The number of hydrogen-bond acceptors (Lipinski definition) is 34. The monoisotopic (exact) mass is 2270 g/mol. The van der Waals surface area contributed by atoms with Gasteiger partial charge in [-0.15, -0.1) is 102 Å². The van der Waals surface area contributed by atoms with Crippen LogP contribution in [0.2, 0.25) is 0 Å². The fourth-order valence-corrected chi connectivity index (χ4v) is 33.0. The van der Waals surface area contributed by atoms with E-state index < -0.39 is 59.0 Å². The number of hydrogen-bond donors (Lipinski definition) is 6. The van der Waals surface area contributed by atoms with Gasteiger partial charge < -0.3 is 52.6 Å². The first-order valence-corrected chi connectivity index (χ1v) is 62.4. The fraction of sp³-hybridized carbons (Fsp3) is 0.218. The zero-order chi connectivity index (χ0) is 106. The van der Waals surface area contributed by atoms with E-state index in [0.717, 1.165) is 192 Å². The summed E-state index contributed by atoms with van der Waals surface area (Å²) in [5.41, 5.74) is 49.2. The number of rotatable bonds is 36. The maximum Gasteiger partial charge on any atom is 0.337 e. The molecule has 26 nitrogen and oxygen atoms in total. The standard InChI is InChI=1S/C23H22N2O4S3.C23H22N2O3S3.C22H21N3O3S3.C21H22N4OS2.C21H20N2O2S3/c1-15(26)29-11-5-6-13-32(27,28)23-21(24)20-17(16-8-3-2-4-9-16)14-18(25-22(20)31-23)19-10-7-12-30-19;1-15(26)28-11-5-6-13-31(27)23-21(24)20-17(16-8-3-2-4-9-16)14-18(25-22(20)30-23)19-10-7-12-29-19;1-3-4-11-31(27)22-18(23)17-15(13-5-7-14(8-6-13)21(26)28-2)12-16(25-20(17)30-22)19-24-9-10-29-19;1-3-4-12-28(26)21-18(22)17-15(14-8-6-5-7-9-14)13-16(24-20(17)27-21)19-23-10-11-25(19)2;22-19-18-15(14-7-2-1-3-8-14)13-16(17-9-6-11-26-17)23-20(18)27-21(19)28(25)12-5-4-10-24/h2-4,7-10,12,14H,5-6,11,13,24H2,1H3;2-4,7-10,12,14H,5-6,11,13,24H2,1H3;5-10,12H,3-4,11,23H2,1-2H3;5-11,13H,3-4,12,22H2,1-2H3;1-3,6-9,11,13,24H,4-5,10,12,22H2. The number of anilines is 5. The number of aromatic nitrogens is 8. The lowest BCUT2D eigenvalue weighted by atomic mass is 10.0. The number of unbranched alkanes of at least 4 members (excludes halogenated alkanes) is 5. The average molecular weight is 2270 g/mol. The lowest BCUT2D eigenvalue weighted by Crippen LogP contribution is -2.09. The van der Waals surface area contributed by atoms with E-state index in [9.17, 15) is 39.6 Å². The Morgan fingerprint density at radius 2 is 0.733 bits per heavy atom. The molecule has 0 bridgehead atoms. The van der Waals surface area contributed by atoms with Crippen molar-refractivity contribution in [1.29, 1.82) is 0 Å². The largest absolute Gasteiger partial charge is 0.466 e. The number of esters is 3. The zero-order valence-corrected chi connectivity index (χ0v) is 93.9. The third-order valence-corrected chi connectivity index (χ3v) is 42.6. The molecule has 0 aliphatic heterocycles. The van der Waals surface area contributed by atoms with Crippen LogP contribution in [-0.2, 0) is 83.9 Å². The molecule has 5 aromatic carbocycles. The van der Waals surface area contributed by atoms with E-state index >= 15 is 0 Å². The highest BCUT2D eigenvalue weighted by Crippen LogP contribution is 2.50. The van der Waals surface area contributed by atoms with E-state index in [1.165, 1.54) is 77.6 Å². The van der Waals surface area contributed by atoms with Gasteiger partial charge in [-0.3, -0.25) is 26.4 Å². The van der Waals surface area contributed by atoms with Crippen molar-refractivity contribution in [2.75, 3.05) is 84.4 Å². The number of pyridine rings is 5. The fourth-order valence-electron chi connectivity index (χ4n) is 16.3. The lowest BCUT2D eigenvalue weighted by Gasteiger charge is -2.08. The number of nitrogens with zero attached hydrogens (tertiary/aromatic N) is 8. The molecule has 15 aromatic heterocycles. The molecule has 11 N–H and O–H groups in total. The van der Waals surface area contributed by atoms with Crippen LogP contribution in [0.4, 0.5) is 28.4 Å². The summed E-state index contributed by atoms with van der Waals surface area (Å²) in [6.07, 6.45) is 12.7. The Hall–Kier alpha value is -12.5. The van der Waals surface area contributed by atoms with Crippen molar-refractivity contribution in [3.63, 3.8) is 0 Å². The van der Waals surface area contributed by atoms with Crippen molar-refractivity contribution in [2.24, 2.45) is 7.05 Å². The molecule has 0 saturated heterocycles. The van der Waals surface area contributed by atoms with Gasteiger partial charge in [-0.2, -0.15) is 0 Å². The molecule has 774 valence electrons. The van der Waals surface area contributed by atoms with Crippen molar-refractivity contribution in [3.05, 3.63) is 258 Å². The number of imidazole rings is 1. The highest BCUT2D eigenvalue weighted by molar-refractivity contribution is 7.93. The number of thiazole rings is 1. The molecule has 15 heterocycles. The summed E-state index contributed by atoms with van der Waals surface area (Å²) in [6, 6.07) is 69.4. The summed E-state index contributed by atoms with van der Waals surface area (Å²) < 4.78 is 97.1. The molecule has 0 spiro atoms. The van der Waals surface area contributed by atoms with Crippen LogP contribution in [0.3, 0.4) is 0 Å². The Kier molecular flexibility index (Phi) is 38.2. The maximum atomic E-state index is 13.1. The van der Waals surface area contributed by atoms with Gasteiger partial charge in [0.05, 0.1) is 135 Å². The van der Waals surface area contributed by atoms with E-state index in [4.69, 9.17) is 72.9 Å². The molecule has 0 aliphatic rings. The molecule has 4 unspecified atom stereocenters. The van der Waals surface area contributed by atoms with Crippen LogP contribution in [0.25, 0.3) is 161 Å². The maximum absolute atomic E-state index is 13.1. The number of thiophene rings is 8. The molecule has 0 amide bonds. The molecule has 0 fully saturated rings. The summed E-state index contributed by atoms with van der Waals surface area (Å²) in [7, 11) is -5.00. The van der Waals surface area contributed by atoms with Gasteiger partial charge in [-0.25, -0.2) is 48.1 Å². The predicted octanol–water partition coefficient (Wildman–Crippen LogP) is 26.5. The second-order valence-electron chi connectivity index (χ2n) is 34.1. The number of fused-ring (bicyclic) bond motifs is 5. The zero-order valence-electron chi connectivity index (χ0n) is 82.5. The minimum absolute atomic E-state index is 0.0657. The topological polar surface area (TPSA) is 427 Å². The van der Waals surface area contributed by atoms with Gasteiger partial charge in [-0.1, -0.05) is 178 Å². The number of benzene rings is 5. The SMILES string of the molecule is CC(=O)OCCCCS(=O)(=O)c1sc2nc(-c3cccs3)cc(-c3ccccc3)c2c1N.CC(=O)OCCCCS(=O)c1sc2nc(-c3cccs3)cc(-c3ccccc3)c2c1N.CCCCS(=O)c1sc2nc(-c3nccn3C)cc(-c3ccccc3)c2c1N.CCCCS(=O)c1sc2nc(-c3nccs3)cc(-c3ccc(C(=O)OC)cc3)c2c1N.Nc1c(S(=O)CCCCO)sc2nc(-c3cccs3)cc(-c3ccccc3)c12. The number of aliphatic hydroxyl groups is 1. The van der Waals surface area contributed by atoms with Crippen LogP contribution in [0.1, 0.15) is 102 Å². The number of ether oxygens (including phenoxy) is 3. The number of nitrogen functional groups attached to an aromatic ring is 5. The van der Waals surface area contributed by atoms with Crippen LogP contribution >= 0.6 is 102 Å². The summed E-state index contributed by atoms with van der Waals surface area (Å²) in [5.74, 6) is 1.84. The van der Waals surface area contributed by atoms with Gasteiger partial charge in [0.15, 0.2) is 15.7 Å². The highest BCUT2D eigenvalue weighted by atomic mass is 32.2. The van der Waals surface area contributed by atoms with Crippen molar-refractivity contribution in [3.8, 4) is 110 Å². The molecular formula is C110H107N13O13S14. The molecule has 0 saturated carbocycles. The number of nitrogens with two attached hydrogens (primary N) is 5. The predicted molar refractivity (Wildman–Crippen MR) is 627 cm³/mol.